The van der Waals surface area contributed by atoms with Crippen molar-refractivity contribution in [2.75, 3.05) is 6.61 Å². The molecule has 0 bridgehead atoms. The molecule has 0 aliphatic heterocycles. The molecule has 0 radical (unpaired) electrons. The van der Waals surface area contributed by atoms with Crippen molar-refractivity contribution >= 4 is 21.6 Å². The summed E-state index contributed by atoms with van der Waals surface area (Å²) in [5.41, 5.74) is 0.711. The van der Waals surface area contributed by atoms with E-state index in [9.17, 15) is 13.2 Å². The van der Waals surface area contributed by atoms with Gasteiger partial charge < -0.3 is 4.74 Å². The molecular weight excluding hydrogens is 403 g/mol. The second-order valence-corrected chi connectivity index (χ2v) is 6.23. The lowest BCUT2D eigenvalue weighted by Gasteiger charge is -2.08. The molecule has 0 spiro atoms. The van der Waals surface area contributed by atoms with E-state index in [-0.39, 0.29) is 17.2 Å². The second-order valence-electron chi connectivity index (χ2n) is 5.24. The molecule has 0 amide bonds. The molecule has 3 rings (SSSR count). The van der Waals surface area contributed by atoms with Crippen molar-refractivity contribution in [2.45, 2.75) is 24.6 Å². The Hall–Kier alpha value is -2.23. The first-order chi connectivity index (χ1) is 11.9. The average Bonchev–Trinajstić information content (AvgIpc) is 2.99. The van der Waals surface area contributed by atoms with Gasteiger partial charge in [0.1, 0.15) is 0 Å². The first-order valence-electron chi connectivity index (χ1n) is 7.47. The van der Waals surface area contributed by atoms with Crippen molar-refractivity contribution in [2.24, 2.45) is 0 Å². The lowest BCUT2D eigenvalue weighted by molar-refractivity contribution is 0.102. The van der Waals surface area contributed by atoms with Crippen LogP contribution in [0, 0.1) is 5.82 Å². The van der Waals surface area contributed by atoms with Gasteiger partial charge in [-0.2, -0.15) is 8.78 Å². The number of alkyl halides is 3. The number of unbranched alkanes of at least 4 members (excludes halogenated alkanes) is 1. The molecule has 3 aromatic rings. The number of ether oxygens (including phenoxy) is 1. The smallest absolute Gasteiger partial charge is 0.360 e. The third-order valence-electron chi connectivity index (χ3n) is 3.39. The molecule has 0 aromatic carbocycles. The third kappa shape index (κ3) is 3.73. The molecule has 0 atom stereocenters. The molecule has 0 saturated heterocycles. The minimum Gasteiger partial charge on any atom is -0.476 e. The van der Waals surface area contributed by atoms with Crippen LogP contribution < -0.4 is 4.74 Å². The molecule has 0 fully saturated rings. The van der Waals surface area contributed by atoms with Gasteiger partial charge in [0.25, 0.3) is 0 Å². The number of fused-ring (bicyclic) bond motifs is 1. The lowest BCUT2D eigenvalue weighted by Crippen LogP contribution is -2.09. The average molecular weight is 416 g/mol. The van der Waals surface area contributed by atoms with E-state index in [4.69, 9.17) is 4.74 Å². The fourth-order valence-corrected chi connectivity index (χ4v) is 2.40. The molecule has 3 heterocycles. The number of aromatic nitrogens is 5. The Morgan fingerprint density at radius 3 is 2.72 bits per heavy atom. The van der Waals surface area contributed by atoms with Crippen LogP contribution >= 0.6 is 15.9 Å². The van der Waals surface area contributed by atoms with Gasteiger partial charge in [-0.05, 0) is 28.4 Å². The van der Waals surface area contributed by atoms with Crippen LogP contribution in [-0.2, 0) is 4.83 Å². The van der Waals surface area contributed by atoms with Gasteiger partial charge in [-0.3, -0.25) is 9.38 Å². The predicted molar refractivity (Wildman–Crippen MR) is 87.2 cm³/mol. The molecule has 132 valence electrons. The normalized spacial score (nSPS) is 11.9. The number of pyridine rings is 1. The summed E-state index contributed by atoms with van der Waals surface area (Å²) in [7, 11) is 0. The first kappa shape index (κ1) is 17.6. The Morgan fingerprint density at radius 2 is 2.04 bits per heavy atom. The maximum Gasteiger partial charge on any atom is 0.360 e. The third-order valence-corrected chi connectivity index (χ3v) is 3.74. The summed E-state index contributed by atoms with van der Waals surface area (Å²) in [5, 5.41) is 7.07. The quantitative estimate of drug-likeness (QED) is 0.450. The monoisotopic (exact) mass is 415 g/mol. The van der Waals surface area contributed by atoms with Crippen LogP contribution in [0.15, 0.2) is 24.7 Å². The molecule has 6 nitrogen and oxygen atoms in total. The summed E-state index contributed by atoms with van der Waals surface area (Å²) >= 11 is 2.25. The van der Waals surface area contributed by atoms with E-state index in [1.807, 2.05) is 6.92 Å². The van der Waals surface area contributed by atoms with Gasteiger partial charge in [0.15, 0.2) is 11.5 Å². The van der Waals surface area contributed by atoms with Crippen molar-refractivity contribution < 1.29 is 17.9 Å². The van der Waals surface area contributed by atoms with Crippen LogP contribution in [0.5, 0.6) is 5.88 Å². The molecule has 0 aliphatic carbocycles. The number of hydrogen-bond acceptors (Lipinski definition) is 5. The summed E-state index contributed by atoms with van der Waals surface area (Å²) < 4.78 is 47.4. The zero-order valence-corrected chi connectivity index (χ0v) is 14.7. The standard InChI is InChI=1S/C15H13BrF3N5O/c1-2-3-4-25-13-10(17)5-9(6-21-13)11-8-24-12(7-20-11)22-23-14(24)15(16,18)19/h5-8H,2-4H2,1H3. The van der Waals surface area contributed by atoms with E-state index in [2.05, 4.69) is 36.1 Å². The summed E-state index contributed by atoms with van der Waals surface area (Å²) in [4.78, 5) is 4.66. The highest BCUT2D eigenvalue weighted by molar-refractivity contribution is 9.09. The van der Waals surface area contributed by atoms with Crippen molar-refractivity contribution in [1.29, 1.82) is 0 Å². The van der Waals surface area contributed by atoms with Crippen LogP contribution in [0.1, 0.15) is 25.6 Å². The maximum absolute atomic E-state index is 14.1. The molecular formula is C15H13BrF3N5O. The highest BCUT2D eigenvalue weighted by Crippen LogP contribution is 2.33. The van der Waals surface area contributed by atoms with E-state index in [1.54, 1.807) is 0 Å². The molecule has 0 aliphatic rings. The van der Waals surface area contributed by atoms with Gasteiger partial charge in [-0.15, -0.1) is 10.2 Å². The number of nitrogens with zero attached hydrogens (tertiary/aromatic N) is 5. The fraction of sp³-hybridized carbons (Fsp3) is 0.333. The molecule has 10 heteroatoms. The van der Waals surface area contributed by atoms with Gasteiger partial charge >= 0.3 is 4.83 Å². The molecule has 3 aromatic heterocycles. The van der Waals surface area contributed by atoms with E-state index >= 15 is 0 Å². The molecule has 25 heavy (non-hydrogen) atoms. The Balaban J connectivity index is 1.95. The number of halogens is 4. The minimum atomic E-state index is -3.36. The lowest BCUT2D eigenvalue weighted by atomic mass is 10.2. The first-order valence-corrected chi connectivity index (χ1v) is 8.26. The predicted octanol–water partition coefficient (Wildman–Crippen LogP) is 3.95. The van der Waals surface area contributed by atoms with Gasteiger partial charge in [-0.1, -0.05) is 13.3 Å². The minimum absolute atomic E-state index is 0.102. The van der Waals surface area contributed by atoms with Gasteiger partial charge in [-0.25, -0.2) is 9.37 Å². The van der Waals surface area contributed by atoms with Crippen molar-refractivity contribution in [3.63, 3.8) is 0 Å². The van der Waals surface area contributed by atoms with Crippen LogP contribution in [0.4, 0.5) is 13.2 Å². The Labute approximate surface area is 149 Å². The summed E-state index contributed by atoms with van der Waals surface area (Å²) in [5.74, 6) is -1.35. The van der Waals surface area contributed by atoms with Crippen LogP contribution in [0.2, 0.25) is 0 Å². The maximum atomic E-state index is 14.1. The van der Waals surface area contributed by atoms with Gasteiger partial charge in [0.2, 0.25) is 11.7 Å². The van der Waals surface area contributed by atoms with E-state index < -0.39 is 16.5 Å². The highest BCUT2D eigenvalue weighted by atomic mass is 79.9. The zero-order valence-electron chi connectivity index (χ0n) is 13.1. The largest absolute Gasteiger partial charge is 0.476 e. The van der Waals surface area contributed by atoms with E-state index in [0.717, 1.165) is 17.2 Å². The topological polar surface area (TPSA) is 65.2 Å². The zero-order chi connectivity index (χ0) is 18.0. The molecule has 0 saturated carbocycles. The fourth-order valence-electron chi connectivity index (χ4n) is 2.13. The van der Waals surface area contributed by atoms with Gasteiger partial charge in [0, 0.05) is 18.0 Å². The van der Waals surface area contributed by atoms with Crippen molar-refractivity contribution in [3.8, 4) is 17.1 Å². The molecule has 0 N–H and O–H groups in total. The van der Waals surface area contributed by atoms with E-state index in [0.29, 0.717) is 12.2 Å². The molecule has 0 unspecified atom stereocenters. The summed E-state index contributed by atoms with van der Waals surface area (Å²) in [6.45, 7) is 2.36. The van der Waals surface area contributed by atoms with Crippen molar-refractivity contribution in [3.05, 3.63) is 36.3 Å². The van der Waals surface area contributed by atoms with Crippen molar-refractivity contribution in [1.82, 2.24) is 24.6 Å². The second kappa shape index (κ2) is 6.95. The van der Waals surface area contributed by atoms with E-state index in [1.165, 1.54) is 24.7 Å². The summed E-state index contributed by atoms with van der Waals surface area (Å²) in [6.07, 6.45) is 5.65. The van der Waals surface area contributed by atoms with Crippen LogP contribution in [0.25, 0.3) is 16.9 Å². The van der Waals surface area contributed by atoms with Crippen LogP contribution in [-0.4, -0.2) is 31.2 Å². The number of rotatable bonds is 6. The Bertz CT molecular complexity index is 896. The SMILES string of the molecule is CCCCOc1ncc(-c2cn3c(C(F)(F)Br)nnc3cn2)cc1F. The Kier molecular flexibility index (Phi) is 4.89. The number of hydrogen-bond donors (Lipinski definition) is 0. The summed E-state index contributed by atoms with van der Waals surface area (Å²) in [6, 6.07) is 1.19. The van der Waals surface area contributed by atoms with Crippen LogP contribution in [0.3, 0.4) is 0 Å². The highest BCUT2D eigenvalue weighted by Gasteiger charge is 2.33. The van der Waals surface area contributed by atoms with Gasteiger partial charge in [0.05, 0.1) is 18.5 Å². The Morgan fingerprint density at radius 1 is 1.24 bits per heavy atom.